The molecule has 0 aliphatic carbocycles. The molecule has 4 nitrogen and oxygen atoms in total. The molecule has 0 unspecified atom stereocenters. The highest BCUT2D eigenvalue weighted by molar-refractivity contribution is 6.31. The summed E-state index contributed by atoms with van der Waals surface area (Å²) in [5, 5.41) is 9.50. The summed E-state index contributed by atoms with van der Waals surface area (Å²) in [5.41, 5.74) is 3.44. The minimum Gasteiger partial charge on any atom is -0.388 e. The fraction of sp³-hybridized carbons (Fsp3) is 0.125. The maximum Gasteiger partial charge on any atom is 0.188 e. The van der Waals surface area contributed by atoms with Crippen LogP contribution in [0.1, 0.15) is 15.9 Å². The Balaban J connectivity index is 1.86. The van der Waals surface area contributed by atoms with E-state index >= 15 is 0 Å². The van der Waals surface area contributed by atoms with Crippen molar-refractivity contribution in [3.8, 4) is 0 Å². The van der Waals surface area contributed by atoms with Crippen molar-refractivity contribution in [2.75, 3.05) is 6.61 Å². The molecule has 1 aromatic heterocycles. The van der Waals surface area contributed by atoms with E-state index in [9.17, 15) is 4.79 Å². The van der Waals surface area contributed by atoms with Gasteiger partial charge in [0.05, 0.1) is 17.4 Å². The number of fused-ring (bicyclic) bond motifs is 1. The lowest BCUT2D eigenvalue weighted by molar-refractivity contribution is 0.0903. The van der Waals surface area contributed by atoms with Crippen LogP contribution in [0.15, 0.2) is 48.8 Å². The van der Waals surface area contributed by atoms with Gasteiger partial charge in [-0.05, 0) is 23.8 Å². The minimum absolute atomic E-state index is 0.274. The second kappa shape index (κ2) is 5.68. The molecule has 1 N–H and O–H groups in total. The second-order valence-electron chi connectivity index (χ2n) is 4.78. The number of aromatic nitrogens is 2. The predicted octanol–water partition coefficient (Wildman–Crippen LogP) is 2.91. The third-order valence-electron chi connectivity index (χ3n) is 3.36. The van der Waals surface area contributed by atoms with Gasteiger partial charge in [0.2, 0.25) is 0 Å². The summed E-state index contributed by atoms with van der Waals surface area (Å²) < 4.78 is 2.02. The first-order valence-electron chi connectivity index (χ1n) is 6.51. The standard InChI is InChI=1S/C16H13ClN2O2/c17-13-5-6-15-14(7-13)18-10-19(15)8-11-1-3-12(4-2-11)16(21)9-20/h1-7,10,20H,8-9H2. The molecular weight excluding hydrogens is 288 g/mol. The average molecular weight is 301 g/mol. The molecule has 0 fully saturated rings. The van der Waals surface area contributed by atoms with Crippen molar-refractivity contribution < 1.29 is 9.90 Å². The Morgan fingerprint density at radius 2 is 1.95 bits per heavy atom. The van der Waals surface area contributed by atoms with Crippen molar-refractivity contribution >= 4 is 28.4 Å². The van der Waals surface area contributed by atoms with Gasteiger partial charge in [-0.15, -0.1) is 0 Å². The fourth-order valence-corrected chi connectivity index (χ4v) is 2.41. The zero-order valence-electron chi connectivity index (χ0n) is 11.2. The van der Waals surface area contributed by atoms with Gasteiger partial charge in [-0.3, -0.25) is 4.79 Å². The summed E-state index contributed by atoms with van der Waals surface area (Å²) in [4.78, 5) is 15.7. The lowest BCUT2D eigenvalue weighted by atomic mass is 10.1. The highest BCUT2D eigenvalue weighted by Gasteiger charge is 2.06. The van der Waals surface area contributed by atoms with Crippen molar-refractivity contribution in [2.45, 2.75) is 6.54 Å². The summed E-state index contributed by atoms with van der Waals surface area (Å²) in [5.74, 6) is -0.274. The van der Waals surface area contributed by atoms with Gasteiger partial charge in [0, 0.05) is 17.1 Å². The molecule has 0 spiro atoms. The molecule has 0 saturated carbocycles. The maximum atomic E-state index is 11.4. The molecule has 0 aliphatic heterocycles. The number of imidazole rings is 1. The molecule has 0 saturated heterocycles. The van der Waals surface area contributed by atoms with Crippen LogP contribution in [0.5, 0.6) is 0 Å². The molecule has 3 aromatic rings. The minimum atomic E-state index is -0.466. The number of benzene rings is 2. The Morgan fingerprint density at radius 1 is 1.19 bits per heavy atom. The van der Waals surface area contributed by atoms with E-state index in [0.717, 1.165) is 16.6 Å². The van der Waals surface area contributed by atoms with Gasteiger partial charge in [-0.25, -0.2) is 4.98 Å². The smallest absolute Gasteiger partial charge is 0.188 e. The van der Waals surface area contributed by atoms with E-state index < -0.39 is 6.61 Å². The van der Waals surface area contributed by atoms with Crippen LogP contribution in [-0.2, 0) is 6.54 Å². The first-order chi connectivity index (χ1) is 10.2. The zero-order chi connectivity index (χ0) is 14.8. The Kier molecular flexibility index (Phi) is 3.73. The number of carbonyl (C=O) groups excluding carboxylic acids is 1. The highest BCUT2D eigenvalue weighted by atomic mass is 35.5. The Labute approximate surface area is 126 Å². The summed E-state index contributed by atoms with van der Waals surface area (Å²) in [6.07, 6.45) is 1.77. The van der Waals surface area contributed by atoms with Crippen LogP contribution in [0.2, 0.25) is 5.02 Å². The quantitative estimate of drug-likeness (QED) is 0.754. The summed E-state index contributed by atoms with van der Waals surface area (Å²) in [7, 11) is 0. The number of halogens is 1. The topological polar surface area (TPSA) is 55.1 Å². The van der Waals surface area contributed by atoms with Crippen molar-refractivity contribution in [2.24, 2.45) is 0 Å². The Bertz CT molecular complexity index is 794. The van der Waals surface area contributed by atoms with E-state index in [2.05, 4.69) is 4.98 Å². The van der Waals surface area contributed by atoms with E-state index in [1.54, 1.807) is 18.5 Å². The number of hydrogen-bond donors (Lipinski definition) is 1. The average Bonchev–Trinajstić information content (AvgIpc) is 2.89. The van der Waals surface area contributed by atoms with Crippen molar-refractivity contribution in [1.29, 1.82) is 0 Å². The van der Waals surface area contributed by atoms with Crippen LogP contribution >= 0.6 is 11.6 Å². The number of rotatable bonds is 4. The van der Waals surface area contributed by atoms with Crippen LogP contribution in [-0.4, -0.2) is 27.0 Å². The van der Waals surface area contributed by atoms with E-state index in [1.165, 1.54) is 0 Å². The molecule has 0 bridgehead atoms. The predicted molar refractivity (Wildman–Crippen MR) is 81.7 cm³/mol. The highest BCUT2D eigenvalue weighted by Crippen LogP contribution is 2.19. The first kappa shape index (κ1) is 13.8. The molecule has 21 heavy (non-hydrogen) atoms. The Morgan fingerprint density at radius 3 is 2.67 bits per heavy atom. The number of aliphatic hydroxyl groups is 1. The summed E-state index contributed by atoms with van der Waals surface area (Å²) in [6.45, 7) is 0.192. The van der Waals surface area contributed by atoms with Crippen LogP contribution < -0.4 is 0 Å². The SMILES string of the molecule is O=C(CO)c1ccc(Cn2cnc3cc(Cl)ccc32)cc1. The van der Waals surface area contributed by atoms with Crippen molar-refractivity contribution in [1.82, 2.24) is 9.55 Å². The monoisotopic (exact) mass is 300 g/mol. The summed E-state index contributed by atoms with van der Waals surface area (Å²) in [6, 6.07) is 12.8. The molecule has 1 heterocycles. The van der Waals surface area contributed by atoms with E-state index in [-0.39, 0.29) is 5.78 Å². The first-order valence-corrected chi connectivity index (χ1v) is 6.88. The molecule has 2 aromatic carbocycles. The van der Waals surface area contributed by atoms with Crippen molar-refractivity contribution in [3.05, 3.63) is 64.9 Å². The number of carbonyl (C=O) groups is 1. The fourth-order valence-electron chi connectivity index (χ4n) is 2.25. The van der Waals surface area contributed by atoms with Gasteiger partial charge in [0.1, 0.15) is 6.61 Å². The molecule has 3 rings (SSSR count). The second-order valence-corrected chi connectivity index (χ2v) is 5.22. The van der Waals surface area contributed by atoms with Gasteiger partial charge >= 0.3 is 0 Å². The summed E-state index contributed by atoms with van der Waals surface area (Å²) >= 11 is 5.95. The van der Waals surface area contributed by atoms with E-state index in [4.69, 9.17) is 16.7 Å². The number of hydrogen-bond acceptors (Lipinski definition) is 3. The molecular formula is C16H13ClN2O2. The third-order valence-corrected chi connectivity index (χ3v) is 3.59. The van der Waals surface area contributed by atoms with Crippen LogP contribution in [0.25, 0.3) is 11.0 Å². The number of aliphatic hydroxyl groups excluding tert-OH is 1. The van der Waals surface area contributed by atoms with E-state index in [1.807, 2.05) is 34.9 Å². The lowest BCUT2D eigenvalue weighted by Crippen LogP contribution is -2.04. The largest absolute Gasteiger partial charge is 0.388 e. The molecule has 5 heteroatoms. The lowest BCUT2D eigenvalue weighted by Gasteiger charge is -2.05. The van der Waals surface area contributed by atoms with Crippen LogP contribution in [0.3, 0.4) is 0 Å². The molecule has 106 valence electrons. The Hall–Kier alpha value is -2.17. The third kappa shape index (κ3) is 2.82. The molecule has 0 atom stereocenters. The van der Waals surface area contributed by atoms with Crippen molar-refractivity contribution in [3.63, 3.8) is 0 Å². The normalized spacial score (nSPS) is 11.0. The van der Waals surface area contributed by atoms with Crippen LogP contribution in [0.4, 0.5) is 0 Å². The van der Waals surface area contributed by atoms with Gasteiger partial charge in [0.15, 0.2) is 5.78 Å². The van der Waals surface area contributed by atoms with Gasteiger partial charge < -0.3 is 9.67 Å². The van der Waals surface area contributed by atoms with Gasteiger partial charge in [-0.2, -0.15) is 0 Å². The van der Waals surface area contributed by atoms with Gasteiger partial charge in [-0.1, -0.05) is 35.9 Å². The molecule has 0 amide bonds. The number of ketones is 1. The zero-order valence-corrected chi connectivity index (χ0v) is 11.9. The van der Waals surface area contributed by atoms with Gasteiger partial charge in [0.25, 0.3) is 0 Å². The molecule has 0 radical (unpaired) electrons. The van der Waals surface area contributed by atoms with Crippen LogP contribution in [0, 0.1) is 0 Å². The molecule has 0 aliphatic rings. The maximum absolute atomic E-state index is 11.4. The van der Waals surface area contributed by atoms with E-state index in [0.29, 0.717) is 17.1 Å². The number of Topliss-reactive ketones (excluding diaryl/α,β-unsaturated/α-hetero) is 1. The number of nitrogens with zero attached hydrogens (tertiary/aromatic N) is 2.